The van der Waals surface area contributed by atoms with Crippen LogP contribution in [-0.4, -0.2) is 42.8 Å². The summed E-state index contributed by atoms with van der Waals surface area (Å²) >= 11 is 11.6. The number of hydrogen-bond acceptors (Lipinski definition) is 5. The normalized spacial score (nSPS) is 11.6. The van der Waals surface area contributed by atoms with Crippen molar-refractivity contribution in [2.45, 2.75) is 18.9 Å². The Morgan fingerprint density at radius 1 is 1.00 bits per heavy atom. The van der Waals surface area contributed by atoms with E-state index >= 15 is 0 Å². The second-order valence-corrected chi connectivity index (χ2v) is 7.10. The molecule has 156 valence electrons. The molecule has 1 amide bonds. The van der Waals surface area contributed by atoms with Gasteiger partial charge < -0.3 is 20.7 Å². The van der Waals surface area contributed by atoms with Gasteiger partial charge in [0.25, 0.3) is 0 Å². The lowest BCUT2D eigenvalue weighted by molar-refractivity contribution is -0.136. The number of nitrogens with two attached hydrogens (primary N) is 1. The van der Waals surface area contributed by atoms with Crippen LogP contribution in [-0.2, 0) is 9.59 Å². The maximum atomic E-state index is 12.2. The molecule has 0 unspecified atom stereocenters. The molecule has 0 fully saturated rings. The van der Waals surface area contributed by atoms with Gasteiger partial charge >= 0.3 is 5.97 Å². The van der Waals surface area contributed by atoms with Crippen LogP contribution < -0.4 is 20.7 Å². The molecule has 0 heterocycles. The molecule has 0 bridgehead atoms. The predicted octanol–water partition coefficient (Wildman–Crippen LogP) is 3.62. The average Bonchev–Trinajstić information content (AvgIpc) is 2.73. The largest absolute Gasteiger partial charge is 0.425 e. The number of nitrogens with zero attached hydrogens (tertiary/aromatic N) is 1. The van der Waals surface area contributed by atoms with Gasteiger partial charge in [-0.25, -0.2) is 4.79 Å². The summed E-state index contributed by atoms with van der Waals surface area (Å²) in [4.78, 5) is 26.2. The molecule has 2 aromatic carbocycles. The molecule has 0 aliphatic carbocycles. The van der Waals surface area contributed by atoms with E-state index < -0.39 is 12.0 Å². The van der Waals surface area contributed by atoms with E-state index in [4.69, 9.17) is 33.7 Å². The van der Waals surface area contributed by atoms with Crippen LogP contribution in [0.1, 0.15) is 12.8 Å². The van der Waals surface area contributed by atoms with Crippen molar-refractivity contribution in [1.82, 2.24) is 0 Å². The molecule has 2 rings (SSSR count). The number of carbonyl (C=O) groups excluding carboxylic acids is 2. The van der Waals surface area contributed by atoms with Crippen molar-refractivity contribution < 1.29 is 14.3 Å². The van der Waals surface area contributed by atoms with E-state index in [0.717, 1.165) is 5.69 Å². The lowest BCUT2D eigenvalue weighted by atomic mass is 10.1. The van der Waals surface area contributed by atoms with E-state index in [9.17, 15) is 9.59 Å². The highest BCUT2D eigenvalue weighted by atomic mass is 35.5. The number of anilines is 2. The zero-order chi connectivity index (χ0) is 21.1. The maximum Gasteiger partial charge on any atom is 0.328 e. The average molecular weight is 438 g/mol. The van der Waals surface area contributed by atoms with Gasteiger partial charge in [0.1, 0.15) is 11.8 Å². The molecule has 1 atom stereocenters. The van der Waals surface area contributed by atoms with Crippen LogP contribution in [0.3, 0.4) is 0 Å². The third-order valence-electron chi connectivity index (χ3n) is 4.17. The Hall–Kier alpha value is -2.28. The summed E-state index contributed by atoms with van der Waals surface area (Å²) in [7, 11) is 0. The number of esters is 1. The van der Waals surface area contributed by atoms with Crippen LogP contribution >= 0.6 is 23.2 Å². The van der Waals surface area contributed by atoms with Gasteiger partial charge in [-0.05, 0) is 42.8 Å². The monoisotopic (exact) mass is 437 g/mol. The van der Waals surface area contributed by atoms with Crippen LogP contribution in [0.4, 0.5) is 11.4 Å². The van der Waals surface area contributed by atoms with Crippen molar-refractivity contribution >= 4 is 46.5 Å². The van der Waals surface area contributed by atoms with E-state index in [0.29, 0.717) is 36.3 Å². The quantitative estimate of drug-likeness (QED) is 0.318. The fourth-order valence-electron chi connectivity index (χ4n) is 2.64. The second kappa shape index (κ2) is 12.3. The van der Waals surface area contributed by atoms with E-state index in [1.807, 2.05) is 35.2 Å². The zero-order valence-electron chi connectivity index (χ0n) is 16.0. The summed E-state index contributed by atoms with van der Waals surface area (Å²) in [5.41, 5.74) is 7.51. The number of nitrogens with one attached hydrogen (secondary N) is 1. The van der Waals surface area contributed by atoms with E-state index in [-0.39, 0.29) is 18.7 Å². The molecular formula is C21H25Cl2N3O3. The summed E-state index contributed by atoms with van der Waals surface area (Å²) in [5.74, 6) is 0.575. The van der Waals surface area contributed by atoms with Crippen molar-refractivity contribution in [1.29, 1.82) is 0 Å². The van der Waals surface area contributed by atoms with Gasteiger partial charge in [-0.1, -0.05) is 18.2 Å². The SMILES string of the molecule is N[C@@H](CCC(=O)Nc1ccccc1)C(=O)Oc1ccc(N(CCCl)CCCl)cc1. The molecule has 29 heavy (non-hydrogen) atoms. The lowest BCUT2D eigenvalue weighted by Crippen LogP contribution is -2.35. The number of benzene rings is 2. The molecule has 0 saturated carbocycles. The van der Waals surface area contributed by atoms with Gasteiger partial charge in [0.05, 0.1) is 0 Å². The topological polar surface area (TPSA) is 84.7 Å². The fraction of sp³-hybridized carbons (Fsp3) is 0.333. The molecule has 0 radical (unpaired) electrons. The van der Waals surface area contributed by atoms with Crippen molar-refractivity contribution in [3.8, 4) is 5.75 Å². The predicted molar refractivity (Wildman–Crippen MR) is 118 cm³/mol. The Morgan fingerprint density at radius 2 is 1.62 bits per heavy atom. The summed E-state index contributed by atoms with van der Waals surface area (Å²) in [5, 5.41) is 2.75. The zero-order valence-corrected chi connectivity index (χ0v) is 17.5. The van der Waals surface area contributed by atoms with Crippen molar-refractivity contribution in [2.75, 3.05) is 35.1 Å². The number of halogens is 2. The third-order valence-corrected chi connectivity index (χ3v) is 4.51. The third kappa shape index (κ3) is 7.93. The minimum atomic E-state index is -0.889. The van der Waals surface area contributed by atoms with Crippen molar-refractivity contribution in [2.24, 2.45) is 5.73 Å². The first-order chi connectivity index (χ1) is 14.0. The summed E-state index contributed by atoms with van der Waals surface area (Å²) in [6, 6.07) is 15.3. The maximum absolute atomic E-state index is 12.2. The number of ether oxygens (including phenoxy) is 1. The fourth-order valence-corrected chi connectivity index (χ4v) is 3.05. The number of rotatable bonds is 11. The molecule has 0 saturated heterocycles. The Morgan fingerprint density at radius 3 is 2.21 bits per heavy atom. The Kier molecular flexibility index (Phi) is 9.77. The summed E-state index contributed by atoms with van der Waals surface area (Å²) < 4.78 is 5.32. The lowest BCUT2D eigenvalue weighted by Gasteiger charge is -2.23. The number of para-hydroxylation sites is 1. The van der Waals surface area contributed by atoms with Crippen LogP contribution in [0.5, 0.6) is 5.75 Å². The highest BCUT2D eigenvalue weighted by molar-refractivity contribution is 6.18. The molecule has 2 aromatic rings. The molecule has 3 N–H and O–H groups in total. The van der Waals surface area contributed by atoms with Crippen LogP contribution in [0.25, 0.3) is 0 Å². The Balaban J connectivity index is 1.81. The van der Waals surface area contributed by atoms with Crippen molar-refractivity contribution in [3.63, 3.8) is 0 Å². The van der Waals surface area contributed by atoms with Crippen LogP contribution in [0.2, 0.25) is 0 Å². The number of amides is 1. The van der Waals surface area contributed by atoms with Crippen LogP contribution in [0.15, 0.2) is 54.6 Å². The summed E-state index contributed by atoms with van der Waals surface area (Å²) in [6.07, 6.45) is 0.310. The number of carbonyl (C=O) groups is 2. The second-order valence-electron chi connectivity index (χ2n) is 6.34. The molecule has 0 aliphatic rings. The van der Waals surface area contributed by atoms with E-state index in [1.54, 1.807) is 24.3 Å². The van der Waals surface area contributed by atoms with Gasteiger partial charge in [0.2, 0.25) is 5.91 Å². The minimum Gasteiger partial charge on any atom is -0.425 e. The highest BCUT2D eigenvalue weighted by Crippen LogP contribution is 2.20. The first kappa shape index (κ1) is 23.0. The van der Waals surface area contributed by atoms with E-state index in [2.05, 4.69) is 5.32 Å². The smallest absolute Gasteiger partial charge is 0.328 e. The van der Waals surface area contributed by atoms with Gasteiger partial charge in [0.15, 0.2) is 0 Å². The van der Waals surface area contributed by atoms with E-state index in [1.165, 1.54) is 0 Å². The molecular weight excluding hydrogens is 413 g/mol. The number of hydrogen-bond donors (Lipinski definition) is 2. The Bertz CT molecular complexity index is 767. The van der Waals surface area contributed by atoms with Gasteiger partial charge in [-0.3, -0.25) is 4.79 Å². The Labute approximate surface area is 180 Å². The van der Waals surface area contributed by atoms with Crippen LogP contribution in [0, 0.1) is 0 Å². The molecule has 6 nitrogen and oxygen atoms in total. The molecule has 8 heteroatoms. The van der Waals surface area contributed by atoms with Crippen molar-refractivity contribution in [3.05, 3.63) is 54.6 Å². The van der Waals surface area contributed by atoms with Gasteiger partial charge in [-0.15, -0.1) is 23.2 Å². The standard InChI is InChI=1S/C21H25Cl2N3O3/c22-12-14-26(15-13-23)17-6-8-18(9-7-17)29-21(28)19(24)10-11-20(27)25-16-4-2-1-3-5-16/h1-9,19H,10-15,24H2,(H,25,27)/t19-/m0/s1. The van der Waals surface area contributed by atoms with Gasteiger partial charge in [-0.2, -0.15) is 0 Å². The van der Waals surface area contributed by atoms with Gasteiger partial charge in [0, 0.05) is 42.6 Å². The molecule has 0 spiro atoms. The molecule has 0 aromatic heterocycles. The number of alkyl halides is 2. The first-order valence-electron chi connectivity index (χ1n) is 9.32. The highest BCUT2D eigenvalue weighted by Gasteiger charge is 2.18. The minimum absolute atomic E-state index is 0.121. The summed E-state index contributed by atoms with van der Waals surface area (Å²) in [6.45, 7) is 1.34. The molecule has 0 aliphatic heterocycles. The first-order valence-corrected chi connectivity index (χ1v) is 10.4.